The lowest BCUT2D eigenvalue weighted by atomic mass is 10.1. The molecule has 1 aromatic carbocycles. The van der Waals surface area contributed by atoms with Gasteiger partial charge in [0.25, 0.3) is 11.1 Å². The standard InChI is InChI=1S/C21H17ClN2O7S/c22-15-3-1-12(20(27)28)9-14(15)16-4-2-13(31-16)10-17-19(26)24(21(29)32-17)11-18(25)23-5-7-30-8-6-23/h1-4,9-10H,5-8,11H2,(H,27,28)/b17-10-. The van der Waals surface area contributed by atoms with Crippen molar-refractivity contribution in [2.75, 3.05) is 32.8 Å². The van der Waals surface area contributed by atoms with Crippen molar-refractivity contribution in [3.05, 3.63) is 51.6 Å². The molecule has 0 saturated carbocycles. The van der Waals surface area contributed by atoms with Gasteiger partial charge in [0, 0.05) is 24.7 Å². The number of thioether (sulfide) groups is 1. The number of hydrogen-bond donors (Lipinski definition) is 1. The molecule has 9 nitrogen and oxygen atoms in total. The maximum Gasteiger partial charge on any atom is 0.335 e. The Morgan fingerprint density at radius 2 is 1.91 bits per heavy atom. The van der Waals surface area contributed by atoms with Crippen molar-refractivity contribution < 1.29 is 33.4 Å². The van der Waals surface area contributed by atoms with Crippen LogP contribution in [-0.2, 0) is 14.3 Å². The molecule has 166 valence electrons. The van der Waals surface area contributed by atoms with Crippen LogP contribution in [0, 0.1) is 0 Å². The third-order valence-electron chi connectivity index (χ3n) is 4.91. The van der Waals surface area contributed by atoms with Gasteiger partial charge in [0.05, 0.1) is 28.7 Å². The van der Waals surface area contributed by atoms with Gasteiger partial charge in [-0.05, 0) is 42.1 Å². The van der Waals surface area contributed by atoms with E-state index >= 15 is 0 Å². The van der Waals surface area contributed by atoms with Crippen LogP contribution in [0.1, 0.15) is 16.1 Å². The average Bonchev–Trinajstić information content (AvgIpc) is 3.34. The molecule has 0 unspecified atom stereocenters. The largest absolute Gasteiger partial charge is 0.478 e. The topological polar surface area (TPSA) is 117 Å². The van der Waals surface area contributed by atoms with E-state index < -0.39 is 17.1 Å². The van der Waals surface area contributed by atoms with Crippen molar-refractivity contribution in [3.8, 4) is 11.3 Å². The van der Waals surface area contributed by atoms with Crippen LogP contribution in [0.3, 0.4) is 0 Å². The van der Waals surface area contributed by atoms with Gasteiger partial charge in [0.1, 0.15) is 18.1 Å². The van der Waals surface area contributed by atoms with E-state index in [2.05, 4.69) is 0 Å². The second-order valence-corrected chi connectivity index (χ2v) is 8.36. The minimum absolute atomic E-state index is 0.0494. The zero-order valence-electron chi connectivity index (χ0n) is 16.6. The highest BCUT2D eigenvalue weighted by Gasteiger charge is 2.37. The molecule has 3 heterocycles. The van der Waals surface area contributed by atoms with E-state index in [1.165, 1.54) is 24.3 Å². The van der Waals surface area contributed by atoms with Gasteiger partial charge in [-0.3, -0.25) is 19.3 Å². The number of aromatic carboxylic acids is 1. The molecule has 32 heavy (non-hydrogen) atoms. The van der Waals surface area contributed by atoms with Gasteiger partial charge in [-0.25, -0.2) is 4.79 Å². The number of amides is 3. The molecule has 4 rings (SSSR count). The molecule has 0 atom stereocenters. The smallest absolute Gasteiger partial charge is 0.335 e. The lowest BCUT2D eigenvalue weighted by molar-refractivity contribution is -0.139. The Kier molecular flexibility index (Phi) is 6.35. The number of halogens is 1. The van der Waals surface area contributed by atoms with Crippen LogP contribution in [0.25, 0.3) is 17.4 Å². The van der Waals surface area contributed by atoms with Crippen LogP contribution in [0.2, 0.25) is 5.02 Å². The first kappa shape index (κ1) is 22.1. The molecule has 2 aromatic rings. The fourth-order valence-electron chi connectivity index (χ4n) is 3.24. The Hall–Kier alpha value is -3.08. The molecule has 2 aliphatic heterocycles. The lowest BCUT2D eigenvalue weighted by Gasteiger charge is -2.27. The summed E-state index contributed by atoms with van der Waals surface area (Å²) in [5.74, 6) is -1.40. The molecule has 1 N–H and O–H groups in total. The average molecular weight is 477 g/mol. The van der Waals surface area contributed by atoms with Gasteiger partial charge in [0.2, 0.25) is 5.91 Å². The number of benzene rings is 1. The van der Waals surface area contributed by atoms with E-state index in [4.69, 9.17) is 20.8 Å². The van der Waals surface area contributed by atoms with E-state index in [1.807, 2.05) is 0 Å². The van der Waals surface area contributed by atoms with Crippen molar-refractivity contribution in [2.45, 2.75) is 0 Å². The second-order valence-electron chi connectivity index (χ2n) is 6.96. The number of imide groups is 1. The lowest BCUT2D eigenvalue weighted by Crippen LogP contribution is -2.46. The third kappa shape index (κ3) is 4.57. The molecule has 1 aromatic heterocycles. The van der Waals surface area contributed by atoms with Crippen LogP contribution in [0.15, 0.2) is 39.7 Å². The van der Waals surface area contributed by atoms with E-state index in [-0.39, 0.29) is 28.7 Å². The summed E-state index contributed by atoms with van der Waals surface area (Å²) in [5.41, 5.74) is 0.434. The molecular weight excluding hydrogens is 460 g/mol. The van der Waals surface area contributed by atoms with Crippen LogP contribution in [0.5, 0.6) is 0 Å². The van der Waals surface area contributed by atoms with E-state index in [0.29, 0.717) is 42.6 Å². The first-order chi connectivity index (χ1) is 15.3. The van der Waals surface area contributed by atoms with Crippen molar-refractivity contribution in [2.24, 2.45) is 0 Å². The SMILES string of the molecule is O=C(O)c1ccc(Cl)c(-c2ccc(/C=C3\SC(=O)N(CC(=O)N4CCOCC4)C3=O)o2)c1. The number of carbonyl (C=O) groups excluding carboxylic acids is 3. The number of morpholine rings is 1. The number of rotatable bonds is 5. The van der Waals surface area contributed by atoms with Gasteiger partial charge in [0.15, 0.2) is 0 Å². The van der Waals surface area contributed by atoms with Crippen molar-refractivity contribution in [3.63, 3.8) is 0 Å². The van der Waals surface area contributed by atoms with Crippen molar-refractivity contribution in [1.29, 1.82) is 0 Å². The zero-order chi connectivity index (χ0) is 22.8. The summed E-state index contributed by atoms with van der Waals surface area (Å²) in [5, 5.41) is 8.94. The van der Waals surface area contributed by atoms with Crippen LogP contribution >= 0.6 is 23.4 Å². The number of nitrogens with zero attached hydrogens (tertiary/aromatic N) is 2. The Morgan fingerprint density at radius 1 is 1.16 bits per heavy atom. The number of carboxylic acid groups (broad SMARTS) is 1. The number of hydrogen-bond acceptors (Lipinski definition) is 7. The fraction of sp³-hybridized carbons (Fsp3) is 0.238. The summed E-state index contributed by atoms with van der Waals surface area (Å²) in [6.07, 6.45) is 1.41. The quantitative estimate of drug-likeness (QED) is 0.654. The summed E-state index contributed by atoms with van der Waals surface area (Å²) in [6.45, 7) is 1.36. The number of carbonyl (C=O) groups is 4. The van der Waals surface area contributed by atoms with Crippen LogP contribution < -0.4 is 0 Å². The molecule has 3 amide bonds. The van der Waals surface area contributed by atoms with Crippen LogP contribution in [0.4, 0.5) is 4.79 Å². The number of ether oxygens (including phenoxy) is 1. The van der Waals surface area contributed by atoms with Gasteiger partial charge in [-0.1, -0.05) is 11.6 Å². The predicted molar refractivity (Wildman–Crippen MR) is 116 cm³/mol. The van der Waals surface area contributed by atoms with E-state index in [0.717, 1.165) is 16.7 Å². The number of furan rings is 1. The Morgan fingerprint density at radius 3 is 2.62 bits per heavy atom. The Balaban J connectivity index is 1.50. The predicted octanol–water partition coefficient (Wildman–Crippen LogP) is 3.19. The minimum atomic E-state index is -1.10. The van der Waals surface area contributed by atoms with Crippen molar-refractivity contribution >= 4 is 52.5 Å². The molecule has 0 bridgehead atoms. The zero-order valence-corrected chi connectivity index (χ0v) is 18.1. The first-order valence-corrected chi connectivity index (χ1v) is 10.8. The minimum Gasteiger partial charge on any atom is -0.478 e. The summed E-state index contributed by atoms with van der Waals surface area (Å²) in [7, 11) is 0. The summed E-state index contributed by atoms with van der Waals surface area (Å²) in [4.78, 5) is 51.2. The summed E-state index contributed by atoms with van der Waals surface area (Å²) < 4.78 is 10.9. The summed E-state index contributed by atoms with van der Waals surface area (Å²) >= 11 is 6.89. The molecule has 2 aliphatic rings. The monoisotopic (exact) mass is 476 g/mol. The molecule has 11 heteroatoms. The normalized spacial score (nSPS) is 18.0. The molecular formula is C21H17ClN2O7S. The van der Waals surface area contributed by atoms with Gasteiger partial charge in [-0.2, -0.15) is 0 Å². The highest BCUT2D eigenvalue weighted by atomic mass is 35.5. The van der Waals surface area contributed by atoms with E-state index in [1.54, 1.807) is 17.0 Å². The third-order valence-corrected chi connectivity index (χ3v) is 6.15. The van der Waals surface area contributed by atoms with E-state index in [9.17, 15) is 24.3 Å². The van der Waals surface area contributed by atoms with Gasteiger partial charge in [-0.15, -0.1) is 0 Å². The first-order valence-electron chi connectivity index (χ1n) is 9.57. The Labute approximate surface area is 191 Å². The highest BCUT2D eigenvalue weighted by molar-refractivity contribution is 8.18. The van der Waals surface area contributed by atoms with Crippen molar-refractivity contribution in [1.82, 2.24) is 9.80 Å². The van der Waals surface area contributed by atoms with Crippen LogP contribution in [-0.4, -0.2) is 70.8 Å². The molecule has 2 fully saturated rings. The molecule has 0 aliphatic carbocycles. The highest BCUT2D eigenvalue weighted by Crippen LogP contribution is 2.35. The maximum absolute atomic E-state index is 12.7. The van der Waals surface area contributed by atoms with Gasteiger partial charge >= 0.3 is 5.97 Å². The Bertz CT molecular complexity index is 1140. The fourth-order valence-corrected chi connectivity index (χ4v) is 4.26. The molecule has 2 saturated heterocycles. The number of carboxylic acids is 1. The molecule has 0 radical (unpaired) electrons. The second kappa shape index (κ2) is 9.19. The summed E-state index contributed by atoms with van der Waals surface area (Å²) in [6, 6.07) is 7.39. The van der Waals surface area contributed by atoms with Gasteiger partial charge < -0.3 is 19.2 Å². The maximum atomic E-state index is 12.7. The molecule has 0 spiro atoms.